The first-order valence-electron chi connectivity index (χ1n) is 7.01. The van der Waals surface area contributed by atoms with Crippen LogP contribution in [0.25, 0.3) is 0 Å². The molecule has 0 saturated heterocycles. The molecule has 2 N–H and O–H groups in total. The molecule has 0 saturated carbocycles. The van der Waals surface area contributed by atoms with Crippen LogP contribution in [0.1, 0.15) is 11.1 Å². The van der Waals surface area contributed by atoms with Crippen molar-refractivity contribution in [1.82, 2.24) is 5.32 Å². The molecule has 0 aliphatic carbocycles. The van der Waals surface area contributed by atoms with Gasteiger partial charge in [-0.3, -0.25) is 10.1 Å². The van der Waals surface area contributed by atoms with E-state index in [4.69, 9.17) is 4.74 Å². The number of rotatable bonds is 4. The fourth-order valence-corrected chi connectivity index (χ4v) is 1.90. The zero-order valence-corrected chi connectivity index (χ0v) is 12.9. The number of hydrogen-bond donors (Lipinski definition) is 2. The van der Waals surface area contributed by atoms with E-state index in [0.717, 1.165) is 11.1 Å². The van der Waals surface area contributed by atoms with Gasteiger partial charge in [0, 0.05) is 0 Å². The smallest absolute Gasteiger partial charge is 0.326 e. The summed E-state index contributed by atoms with van der Waals surface area (Å²) in [5.74, 6) is -0.629. The SMILES string of the molecule is Cc1cccc(OCC(=O)NC(=O)Nc2ccccc2F)c1C. The van der Waals surface area contributed by atoms with Gasteiger partial charge in [-0.25, -0.2) is 9.18 Å². The molecule has 0 unspecified atom stereocenters. The van der Waals surface area contributed by atoms with Crippen molar-refractivity contribution < 1.29 is 18.7 Å². The maximum Gasteiger partial charge on any atom is 0.326 e. The van der Waals surface area contributed by atoms with Crippen LogP contribution in [-0.2, 0) is 4.79 Å². The van der Waals surface area contributed by atoms with Crippen molar-refractivity contribution in [3.8, 4) is 5.75 Å². The first kappa shape index (κ1) is 16.5. The molecule has 6 heteroatoms. The molecule has 0 bridgehead atoms. The maximum absolute atomic E-state index is 13.4. The summed E-state index contributed by atoms with van der Waals surface area (Å²) in [4.78, 5) is 23.3. The lowest BCUT2D eigenvalue weighted by Gasteiger charge is -2.11. The van der Waals surface area contributed by atoms with E-state index in [2.05, 4.69) is 10.6 Å². The third-order valence-electron chi connectivity index (χ3n) is 3.29. The fraction of sp³-hybridized carbons (Fsp3) is 0.176. The van der Waals surface area contributed by atoms with Crippen LogP contribution < -0.4 is 15.4 Å². The minimum Gasteiger partial charge on any atom is -0.483 e. The molecule has 0 aromatic heterocycles. The van der Waals surface area contributed by atoms with Crippen molar-refractivity contribution in [3.05, 3.63) is 59.4 Å². The summed E-state index contributed by atoms with van der Waals surface area (Å²) in [5, 5.41) is 4.34. The number of nitrogens with one attached hydrogen (secondary N) is 2. The number of urea groups is 1. The molecule has 0 spiro atoms. The molecule has 2 rings (SSSR count). The van der Waals surface area contributed by atoms with Gasteiger partial charge in [-0.15, -0.1) is 0 Å². The average Bonchev–Trinajstić information content (AvgIpc) is 2.51. The van der Waals surface area contributed by atoms with Crippen molar-refractivity contribution in [2.75, 3.05) is 11.9 Å². The number of hydrogen-bond acceptors (Lipinski definition) is 3. The number of aryl methyl sites for hydroxylation is 1. The van der Waals surface area contributed by atoms with Crippen LogP contribution >= 0.6 is 0 Å². The lowest BCUT2D eigenvalue weighted by atomic mass is 10.1. The molecule has 23 heavy (non-hydrogen) atoms. The van der Waals surface area contributed by atoms with E-state index in [-0.39, 0.29) is 12.3 Å². The Hall–Kier alpha value is -2.89. The molecular weight excluding hydrogens is 299 g/mol. The first-order chi connectivity index (χ1) is 11.0. The number of amides is 3. The highest BCUT2D eigenvalue weighted by atomic mass is 19.1. The lowest BCUT2D eigenvalue weighted by Crippen LogP contribution is -2.37. The van der Waals surface area contributed by atoms with Crippen molar-refractivity contribution in [1.29, 1.82) is 0 Å². The molecule has 2 aromatic rings. The topological polar surface area (TPSA) is 67.4 Å². The number of anilines is 1. The lowest BCUT2D eigenvalue weighted by molar-refractivity contribution is -0.121. The first-order valence-corrected chi connectivity index (χ1v) is 7.01. The Morgan fingerprint density at radius 2 is 1.83 bits per heavy atom. The van der Waals surface area contributed by atoms with Crippen LogP contribution in [0, 0.1) is 19.7 Å². The molecule has 5 nitrogen and oxygen atoms in total. The fourth-order valence-electron chi connectivity index (χ4n) is 1.90. The predicted octanol–water partition coefficient (Wildman–Crippen LogP) is 3.17. The van der Waals surface area contributed by atoms with Gasteiger partial charge in [0.05, 0.1) is 5.69 Å². The summed E-state index contributed by atoms with van der Waals surface area (Å²) in [6.45, 7) is 3.51. The second kappa shape index (κ2) is 7.40. The van der Waals surface area contributed by atoms with Crippen LogP contribution in [0.5, 0.6) is 5.75 Å². The number of ether oxygens (including phenoxy) is 1. The van der Waals surface area contributed by atoms with Crippen LogP contribution in [-0.4, -0.2) is 18.5 Å². The highest BCUT2D eigenvalue weighted by molar-refractivity contribution is 6.01. The van der Waals surface area contributed by atoms with Gasteiger partial charge in [-0.05, 0) is 43.2 Å². The van der Waals surface area contributed by atoms with Gasteiger partial charge < -0.3 is 10.1 Å². The minimum atomic E-state index is -0.815. The normalized spacial score (nSPS) is 10.0. The highest BCUT2D eigenvalue weighted by Gasteiger charge is 2.11. The molecule has 0 fully saturated rings. The Bertz CT molecular complexity index is 732. The maximum atomic E-state index is 13.4. The van der Waals surface area contributed by atoms with Gasteiger partial charge in [-0.2, -0.15) is 0 Å². The molecule has 120 valence electrons. The van der Waals surface area contributed by atoms with Crippen molar-refractivity contribution >= 4 is 17.6 Å². The largest absolute Gasteiger partial charge is 0.483 e. The zero-order chi connectivity index (χ0) is 16.8. The van der Waals surface area contributed by atoms with E-state index in [1.165, 1.54) is 18.2 Å². The number of halogens is 1. The quantitative estimate of drug-likeness (QED) is 0.910. The van der Waals surface area contributed by atoms with E-state index < -0.39 is 17.8 Å². The summed E-state index contributed by atoms with van der Waals surface area (Å²) >= 11 is 0. The Kier molecular flexibility index (Phi) is 5.30. The standard InChI is InChI=1S/C17H17FN2O3/c1-11-6-5-9-15(12(11)2)23-10-16(21)20-17(22)19-14-8-4-3-7-13(14)18/h3-9H,10H2,1-2H3,(H2,19,20,21,22). The van der Waals surface area contributed by atoms with Gasteiger partial charge in [-0.1, -0.05) is 24.3 Å². The zero-order valence-electron chi connectivity index (χ0n) is 12.9. The summed E-state index contributed by atoms with van der Waals surface area (Å²) in [7, 11) is 0. The Morgan fingerprint density at radius 1 is 1.09 bits per heavy atom. The summed E-state index contributed by atoms with van der Waals surface area (Å²) < 4.78 is 18.8. The minimum absolute atomic E-state index is 0.00625. The van der Waals surface area contributed by atoms with E-state index in [0.29, 0.717) is 5.75 Å². The van der Waals surface area contributed by atoms with E-state index in [1.54, 1.807) is 12.1 Å². The monoisotopic (exact) mass is 316 g/mol. The van der Waals surface area contributed by atoms with E-state index >= 15 is 0 Å². The molecule has 3 amide bonds. The van der Waals surface area contributed by atoms with Gasteiger partial charge in [0.25, 0.3) is 5.91 Å². The van der Waals surface area contributed by atoms with E-state index in [1.807, 2.05) is 26.0 Å². The molecule has 0 aliphatic heterocycles. The number of para-hydroxylation sites is 1. The predicted molar refractivity (Wildman–Crippen MR) is 85.0 cm³/mol. The van der Waals surface area contributed by atoms with Crippen LogP contribution in [0.2, 0.25) is 0 Å². The van der Waals surface area contributed by atoms with E-state index in [9.17, 15) is 14.0 Å². The van der Waals surface area contributed by atoms with Gasteiger partial charge in [0.1, 0.15) is 11.6 Å². The summed E-state index contributed by atoms with van der Waals surface area (Å²) in [6.07, 6.45) is 0. The second-order valence-electron chi connectivity index (χ2n) is 4.97. The Balaban J connectivity index is 1.86. The van der Waals surface area contributed by atoms with Crippen LogP contribution in [0.4, 0.5) is 14.9 Å². The highest BCUT2D eigenvalue weighted by Crippen LogP contribution is 2.20. The molecule has 0 radical (unpaired) electrons. The van der Waals surface area contributed by atoms with Crippen molar-refractivity contribution in [2.24, 2.45) is 0 Å². The van der Waals surface area contributed by atoms with Gasteiger partial charge in [0.2, 0.25) is 0 Å². The molecule has 0 atom stereocenters. The number of benzene rings is 2. The van der Waals surface area contributed by atoms with Gasteiger partial charge in [0.15, 0.2) is 6.61 Å². The average molecular weight is 316 g/mol. The number of carbonyl (C=O) groups excluding carboxylic acids is 2. The van der Waals surface area contributed by atoms with Crippen LogP contribution in [0.3, 0.4) is 0 Å². The molecule has 0 aliphatic rings. The van der Waals surface area contributed by atoms with Crippen LogP contribution in [0.15, 0.2) is 42.5 Å². The molecule has 2 aromatic carbocycles. The van der Waals surface area contributed by atoms with Gasteiger partial charge >= 0.3 is 6.03 Å². The second-order valence-corrected chi connectivity index (χ2v) is 4.97. The number of carbonyl (C=O) groups is 2. The Labute approximate surface area is 133 Å². The van der Waals surface area contributed by atoms with Crippen molar-refractivity contribution in [2.45, 2.75) is 13.8 Å². The Morgan fingerprint density at radius 3 is 2.57 bits per heavy atom. The van der Waals surface area contributed by atoms with Crippen molar-refractivity contribution in [3.63, 3.8) is 0 Å². The molecule has 0 heterocycles. The third-order valence-corrected chi connectivity index (χ3v) is 3.29. The third kappa shape index (κ3) is 4.54. The summed E-state index contributed by atoms with van der Waals surface area (Å²) in [5.41, 5.74) is 1.96. The summed E-state index contributed by atoms with van der Waals surface area (Å²) in [6, 6.07) is 10.4. The number of imide groups is 1. The molecular formula is C17H17FN2O3.